The smallest absolute Gasteiger partial charge is 0.327 e. The Morgan fingerprint density at radius 2 is 2.25 bits per heavy atom. The summed E-state index contributed by atoms with van der Waals surface area (Å²) in [6.07, 6.45) is 1.78. The molecule has 0 heterocycles. The number of aliphatic carboxylic acids is 1. The maximum atomic E-state index is 10.7. The first-order valence-electron chi connectivity index (χ1n) is 3.23. The van der Waals surface area contributed by atoms with E-state index < -0.39 is 12.0 Å². The number of rotatable bonds is 5. The largest absolute Gasteiger partial charge is 0.480 e. The molecule has 0 aliphatic heterocycles. The SMILES string of the molecule is CSCC(NC(=O)CS)C(=O)O. The first kappa shape index (κ1) is 11.6. The summed E-state index contributed by atoms with van der Waals surface area (Å²) in [5.74, 6) is -0.994. The quantitative estimate of drug-likeness (QED) is 0.551. The summed E-state index contributed by atoms with van der Waals surface area (Å²) in [5.41, 5.74) is 0. The predicted octanol–water partition coefficient (Wildman–Crippen LogP) is -0.151. The van der Waals surface area contributed by atoms with E-state index in [2.05, 4.69) is 17.9 Å². The summed E-state index contributed by atoms with van der Waals surface area (Å²) < 4.78 is 0. The van der Waals surface area contributed by atoms with Crippen LogP contribution >= 0.6 is 24.4 Å². The molecule has 1 atom stereocenters. The Hall–Kier alpha value is -0.360. The molecule has 4 nitrogen and oxygen atoms in total. The highest BCUT2D eigenvalue weighted by Crippen LogP contribution is 1.97. The summed E-state index contributed by atoms with van der Waals surface area (Å²) in [5, 5.41) is 10.9. The van der Waals surface area contributed by atoms with Gasteiger partial charge in [0.25, 0.3) is 0 Å². The third-order valence-electron chi connectivity index (χ3n) is 1.11. The molecule has 2 N–H and O–H groups in total. The molecule has 0 saturated carbocycles. The molecule has 1 amide bonds. The van der Waals surface area contributed by atoms with Crippen molar-refractivity contribution in [3.8, 4) is 0 Å². The van der Waals surface area contributed by atoms with Gasteiger partial charge in [-0.05, 0) is 6.26 Å². The van der Waals surface area contributed by atoms with Crippen molar-refractivity contribution in [3.63, 3.8) is 0 Å². The summed E-state index contributed by atoms with van der Waals surface area (Å²) in [4.78, 5) is 21.2. The molecule has 0 aliphatic carbocycles. The van der Waals surface area contributed by atoms with Crippen molar-refractivity contribution in [1.29, 1.82) is 0 Å². The molecular formula is C6H11NO3S2. The van der Waals surface area contributed by atoms with E-state index in [0.29, 0.717) is 5.75 Å². The lowest BCUT2D eigenvalue weighted by molar-refractivity contribution is -0.140. The van der Waals surface area contributed by atoms with Crippen LogP contribution in [-0.2, 0) is 9.59 Å². The lowest BCUT2D eigenvalue weighted by Gasteiger charge is -2.11. The van der Waals surface area contributed by atoms with Crippen LogP contribution in [0.2, 0.25) is 0 Å². The number of nitrogens with one attached hydrogen (secondary N) is 1. The number of amides is 1. The van der Waals surface area contributed by atoms with Crippen molar-refractivity contribution in [2.45, 2.75) is 6.04 Å². The number of hydrogen-bond donors (Lipinski definition) is 3. The van der Waals surface area contributed by atoms with Gasteiger partial charge in [-0.1, -0.05) is 0 Å². The van der Waals surface area contributed by atoms with Crippen molar-refractivity contribution in [2.75, 3.05) is 17.8 Å². The van der Waals surface area contributed by atoms with Gasteiger partial charge in [-0.2, -0.15) is 24.4 Å². The third kappa shape index (κ3) is 4.50. The van der Waals surface area contributed by atoms with Gasteiger partial charge in [0.05, 0.1) is 5.75 Å². The van der Waals surface area contributed by atoms with Gasteiger partial charge in [0.1, 0.15) is 6.04 Å². The summed E-state index contributed by atoms with van der Waals surface area (Å²) in [6.45, 7) is 0. The van der Waals surface area contributed by atoms with Gasteiger partial charge in [-0.15, -0.1) is 0 Å². The van der Waals surface area contributed by atoms with Gasteiger partial charge in [0.2, 0.25) is 5.91 Å². The van der Waals surface area contributed by atoms with Gasteiger partial charge in [0, 0.05) is 5.75 Å². The highest BCUT2D eigenvalue weighted by atomic mass is 32.2. The molecule has 0 fully saturated rings. The van der Waals surface area contributed by atoms with Gasteiger partial charge in [-0.25, -0.2) is 4.79 Å². The van der Waals surface area contributed by atoms with E-state index in [1.807, 2.05) is 0 Å². The maximum absolute atomic E-state index is 10.7. The second-order valence-corrected chi connectivity index (χ2v) is 3.30. The van der Waals surface area contributed by atoms with Crippen LogP contribution in [0, 0.1) is 0 Å². The fourth-order valence-corrected chi connectivity index (χ4v) is 1.23. The van der Waals surface area contributed by atoms with Crippen LogP contribution in [-0.4, -0.2) is 40.8 Å². The number of thiol groups is 1. The Bertz CT molecular complexity index is 172. The molecule has 0 aromatic carbocycles. The van der Waals surface area contributed by atoms with Gasteiger partial charge < -0.3 is 10.4 Å². The third-order valence-corrected chi connectivity index (χ3v) is 2.06. The molecule has 0 spiro atoms. The minimum Gasteiger partial charge on any atom is -0.480 e. The normalized spacial score (nSPS) is 12.2. The van der Waals surface area contributed by atoms with Crippen molar-refractivity contribution in [1.82, 2.24) is 5.32 Å². The van der Waals surface area contributed by atoms with Gasteiger partial charge in [-0.3, -0.25) is 4.79 Å². The van der Waals surface area contributed by atoms with Gasteiger partial charge >= 0.3 is 5.97 Å². The molecule has 70 valence electrons. The molecule has 0 saturated heterocycles. The van der Waals surface area contributed by atoms with Crippen LogP contribution in [0.1, 0.15) is 0 Å². The Morgan fingerprint density at radius 3 is 2.58 bits per heavy atom. The zero-order valence-corrected chi connectivity index (χ0v) is 8.32. The lowest BCUT2D eigenvalue weighted by atomic mass is 10.3. The van der Waals surface area contributed by atoms with Crippen molar-refractivity contribution >= 4 is 36.3 Å². The maximum Gasteiger partial charge on any atom is 0.327 e. The fourth-order valence-electron chi connectivity index (χ4n) is 0.581. The van der Waals surface area contributed by atoms with Crippen LogP contribution < -0.4 is 5.32 Å². The standard InChI is InChI=1S/C6H11NO3S2/c1-12-3-4(6(9)10)7-5(8)2-11/h4,11H,2-3H2,1H3,(H,7,8)(H,9,10). The van der Waals surface area contributed by atoms with Crippen molar-refractivity contribution in [3.05, 3.63) is 0 Å². The van der Waals surface area contributed by atoms with Crippen LogP contribution in [0.3, 0.4) is 0 Å². The molecule has 0 bridgehead atoms. The number of carboxylic acids is 1. The molecule has 12 heavy (non-hydrogen) atoms. The molecule has 0 radical (unpaired) electrons. The van der Waals surface area contributed by atoms with E-state index in [4.69, 9.17) is 5.11 Å². The number of thioether (sulfide) groups is 1. The average Bonchev–Trinajstić information content (AvgIpc) is 2.03. The highest BCUT2D eigenvalue weighted by molar-refractivity contribution is 7.98. The van der Waals surface area contributed by atoms with E-state index >= 15 is 0 Å². The Kier molecular flexibility index (Phi) is 6.00. The zero-order chi connectivity index (χ0) is 9.56. The summed E-state index contributed by atoms with van der Waals surface area (Å²) in [7, 11) is 0. The molecule has 1 unspecified atom stereocenters. The van der Waals surface area contributed by atoms with Crippen LogP contribution in [0.4, 0.5) is 0 Å². The molecular weight excluding hydrogens is 198 g/mol. The lowest BCUT2D eigenvalue weighted by Crippen LogP contribution is -2.43. The van der Waals surface area contributed by atoms with Crippen molar-refractivity contribution in [2.24, 2.45) is 0 Å². The Labute approximate surface area is 80.5 Å². The first-order valence-corrected chi connectivity index (χ1v) is 5.26. The van der Waals surface area contributed by atoms with Crippen LogP contribution in [0.15, 0.2) is 0 Å². The van der Waals surface area contributed by atoms with Crippen LogP contribution in [0.25, 0.3) is 0 Å². The summed E-state index contributed by atoms with van der Waals surface area (Å²) >= 11 is 5.08. The van der Waals surface area contributed by atoms with E-state index in [-0.39, 0.29) is 11.7 Å². The van der Waals surface area contributed by atoms with E-state index in [1.165, 1.54) is 11.8 Å². The highest BCUT2D eigenvalue weighted by Gasteiger charge is 2.17. The second kappa shape index (κ2) is 6.19. The second-order valence-electron chi connectivity index (χ2n) is 2.07. The Morgan fingerprint density at radius 1 is 1.67 bits per heavy atom. The van der Waals surface area contributed by atoms with Crippen molar-refractivity contribution < 1.29 is 14.7 Å². The number of carboxylic acid groups (broad SMARTS) is 1. The summed E-state index contributed by atoms with van der Waals surface area (Å²) in [6, 6.07) is -0.806. The van der Waals surface area contributed by atoms with E-state index in [0.717, 1.165) is 0 Å². The molecule has 0 rings (SSSR count). The average molecular weight is 209 g/mol. The molecule has 0 aromatic rings. The molecule has 6 heteroatoms. The van der Waals surface area contributed by atoms with Gasteiger partial charge in [0.15, 0.2) is 0 Å². The minimum absolute atomic E-state index is 0.0121. The Balaban J connectivity index is 3.95. The van der Waals surface area contributed by atoms with E-state index in [9.17, 15) is 9.59 Å². The molecule has 0 aromatic heterocycles. The predicted molar refractivity (Wildman–Crippen MR) is 51.8 cm³/mol. The number of carbonyl (C=O) groups excluding carboxylic acids is 1. The van der Waals surface area contributed by atoms with Crippen LogP contribution in [0.5, 0.6) is 0 Å². The number of hydrogen-bond acceptors (Lipinski definition) is 4. The van der Waals surface area contributed by atoms with E-state index in [1.54, 1.807) is 6.26 Å². The number of carbonyl (C=O) groups is 2. The zero-order valence-electron chi connectivity index (χ0n) is 6.61. The fraction of sp³-hybridized carbons (Fsp3) is 0.667. The minimum atomic E-state index is -1.01. The first-order chi connectivity index (χ1) is 5.61. The molecule has 0 aliphatic rings. The monoisotopic (exact) mass is 209 g/mol. The topological polar surface area (TPSA) is 66.4 Å².